The Hall–Kier alpha value is -1.90. The van der Waals surface area contributed by atoms with E-state index >= 15 is 0 Å². The van der Waals surface area contributed by atoms with Crippen LogP contribution in [-0.4, -0.2) is 48.8 Å². The largest absolute Gasteiger partial charge is 0.346 e. The molecule has 4 N–H and O–H groups in total. The Labute approximate surface area is 161 Å². The number of nitrogens with two attached hydrogens (primary N) is 1. The van der Waals surface area contributed by atoms with Crippen LogP contribution in [0.15, 0.2) is 18.2 Å². The molecule has 3 amide bonds. The van der Waals surface area contributed by atoms with E-state index in [2.05, 4.69) is 10.6 Å². The number of rotatable bonds is 5. The van der Waals surface area contributed by atoms with Crippen LogP contribution in [0.25, 0.3) is 0 Å². The van der Waals surface area contributed by atoms with Gasteiger partial charge in [-0.15, -0.1) is 12.4 Å². The zero-order valence-electron chi connectivity index (χ0n) is 14.0. The SMILES string of the molecule is Cl.NCC(=O)NCC(=O)N1CCC(C(=O)Nc2ccc(F)c(Cl)c2)CC1. The average Bonchev–Trinajstić information content (AvgIpc) is 2.62. The summed E-state index contributed by atoms with van der Waals surface area (Å²) in [5.41, 5.74) is 5.59. The van der Waals surface area contributed by atoms with Crippen molar-refractivity contribution >= 4 is 47.4 Å². The van der Waals surface area contributed by atoms with Gasteiger partial charge < -0.3 is 21.3 Å². The highest BCUT2D eigenvalue weighted by Crippen LogP contribution is 2.22. The highest BCUT2D eigenvalue weighted by molar-refractivity contribution is 6.31. The smallest absolute Gasteiger partial charge is 0.241 e. The molecule has 1 aliphatic heterocycles. The lowest BCUT2D eigenvalue weighted by atomic mass is 9.95. The predicted octanol–water partition coefficient (Wildman–Crippen LogP) is 1.15. The average molecular weight is 407 g/mol. The Morgan fingerprint density at radius 3 is 2.50 bits per heavy atom. The molecule has 0 aromatic heterocycles. The molecule has 1 saturated heterocycles. The van der Waals surface area contributed by atoms with Gasteiger partial charge in [0, 0.05) is 24.7 Å². The molecule has 10 heteroatoms. The molecule has 0 bridgehead atoms. The summed E-state index contributed by atoms with van der Waals surface area (Å²) >= 11 is 5.69. The summed E-state index contributed by atoms with van der Waals surface area (Å²) in [5, 5.41) is 5.08. The number of halogens is 3. The lowest BCUT2D eigenvalue weighted by molar-refractivity contribution is -0.135. The van der Waals surface area contributed by atoms with Crippen molar-refractivity contribution in [2.24, 2.45) is 11.7 Å². The van der Waals surface area contributed by atoms with Crippen LogP contribution in [0.5, 0.6) is 0 Å². The normalized spacial score (nSPS) is 14.3. The molecule has 144 valence electrons. The van der Waals surface area contributed by atoms with E-state index < -0.39 is 5.82 Å². The highest BCUT2D eigenvalue weighted by atomic mass is 35.5. The van der Waals surface area contributed by atoms with Crippen molar-refractivity contribution in [3.8, 4) is 0 Å². The topological polar surface area (TPSA) is 105 Å². The van der Waals surface area contributed by atoms with Crippen LogP contribution in [0.1, 0.15) is 12.8 Å². The fourth-order valence-electron chi connectivity index (χ4n) is 2.57. The van der Waals surface area contributed by atoms with Gasteiger partial charge in [0.05, 0.1) is 18.1 Å². The van der Waals surface area contributed by atoms with E-state index in [1.54, 1.807) is 4.90 Å². The summed E-state index contributed by atoms with van der Waals surface area (Å²) in [6.07, 6.45) is 1.02. The number of carbonyl (C=O) groups is 3. The summed E-state index contributed by atoms with van der Waals surface area (Å²) in [4.78, 5) is 36.9. The van der Waals surface area contributed by atoms with Gasteiger partial charge >= 0.3 is 0 Å². The van der Waals surface area contributed by atoms with Crippen LogP contribution >= 0.6 is 24.0 Å². The molecular formula is C16H21Cl2FN4O3. The van der Waals surface area contributed by atoms with Crippen LogP contribution in [0, 0.1) is 11.7 Å². The van der Waals surface area contributed by atoms with Gasteiger partial charge in [0.1, 0.15) is 5.82 Å². The molecule has 1 heterocycles. The summed E-state index contributed by atoms with van der Waals surface area (Å²) < 4.78 is 13.1. The third-order valence-corrected chi connectivity index (χ3v) is 4.32. The van der Waals surface area contributed by atoms with Gasteiger partial charge in [-0.05, 0) is 31.0 Å². The predicted molar refractivity (Wildman–Crippen MR) is 98.7 cm³/mol. The van der Waals surface area contributed by atoms with Gasteiger partial charge in [-0.1, -0.05) is 11.6 Å². The number of piperidine rings is 1. The van der Waals surface area contributed by atoms with Crippen molar-refractivity contribution < 1.29 is 18.8 Å². The van der Waals surface area contributed by atoms with Crippen molar-refractivity contribution in [2.45, 2.75) is 12.8 Å². The number of anilines is 1. The second-order valence-corrected chi connectivity index (χ2v) is 6.16. The van der Waals surface area contributed by atoms with Gasteiger partial charge in [0.2, 0.25) is 17.7 Å². The first kappa shape index (κ1) is 22.1. The number of hydrogen-bond donors (Lipinski definition) is 3. The molecule has 1 fully saturated rings. The van der Waals surface area contributed by atoms with Crippen molar-refractivity contribution in [1.29, 1.82) is 0 Å². The van der Waals surface area contributed by atoms with Gasteiger partial charge in [-0.2, -0.15) is 0 Å². The number of hydrogen-bond acceptors (Lipinski definition) is 4. The lowest BCUT2D eigenvalue weighted by Crippen LogP contribution is -2.46. The van der Waals surface area contributed by atoms with E-state index in [1.807, 2.05) is 0 Å². The Bertz CT molecular complexity index is 667. The number of benzene rings is 1. The summed E-state index contributed by atoms with van der Waals surface area (Å²) in [7, 11) is 0. The molecule has 1 aromatic carbocycles. The van der Waals surface area contributed by atoms with Crippen molar-refractivity contribution in [2.75, 3.05) is 31.5 Å². The van der Waals surface area contributed by atoms with E-state index in [0.29, 0.717) is 31.6 Å². The van der Waals surface area contributed by atoms with Gasteiger partial charge in [-0.25, -0.2) is 4.39 Å². The van der Waals surface area contributed by atoms with Crippen LogP contribution < -0.4 is 16.4 Å². The number of nitrogens with one attached hydrogen (secondary N) is 2. The van der Waals surface area contributed by atoms with Gasteiger partial charge in [0.15, 0.2) is 0 Å². The minimum absolute atomic E-state index is 0. The Balaban J connectivity index is 0.00000338. The first-order valence-corrected chi connectivity index (χ1v) is 8.29. The molecule has 2 rings (SSSR count). The fraction of sp³-hybridized carbons (Fsp3) is 0.438. The minimum Gasteiger partial charge on any atom is -0.346 e. The number of nitrogens with zero attached hydrogens (tertiary/aromatic N) is 1. The Morgan fingerprint density at radius 2 is 1.92 bits per heavy atom. The van der Waals surface area contributed by atoms with E-state index in [-0.39, 0.29) is 54.2 Å². The third kappa shape index (κ3) is 6.12. The molecule has 26 heavy (non-hydrogen) atoms. The third-order valence-electron chi connectivity index (χ3n) is 4.03. The van der Waals surface area contributed by atoms with Gasteiger partial charge in [-0.3, -0.25) is 14.4 Å². The summed E-state index contributed by atoms with van der Waals surface area (Å²) in [5.74, 6) is -1.57. The zero-order chi connectivity index (χ0) is 18.4. The van der Waals surface area contributed by atoms with E-state index in [0.717, 1.165) is 0 Å². The van der Waals surface area contributed by atoms with Crippen molar-refractivity contribution in [1.82, 2.24) is 10.2 Å². The fourth-order valence-corrected chi connectivity index (χ4v) is 2.75. The number of likely N-dealkylation sites (tertiary alicyclic amines) is 1. The van der Waals surface area contributed by atoms with Crippen LogP contribution in [0.4, 0.5) is 10.1 Å². The standard InChI is InChI=1S/C16H20ClFN4O3.ClH/c17-12-7-11(1-2-13(12)18)21-16(25)10-3-5-22(6-4-10)15(24)9-20-14(23)8-19;/h1-2,7,10H,3-6,8-9,19H2,(H,20,23)(H,21,25);1H. The highest BCUT2D eigenvalue weighted by Gasteiger charge is 2.27. The molecule has 0 spiro atoms. The molecule has 0 radical (unpaired) electrons. The van der Waals surface area contributed by atoms with E-state index in [4.69, 9.17) is 17.3 Å². The van der Waals surface area contributed by atoms with Crippen LogP contribution in [0.3, 0.4) is 0 Å². The molecule has 7 nitrogen and oxygen atoms in total. The maximum absolute atomic E-state index is 13.1. The van der Waals surface area contributed by atoms with Crippen molar-refractivity contribution in [3.63, 3.8) is 0 Å². The summed E-state index contributed by atoms with van der Waals surface area (Å²) in [6.45, 7) is 0.600. The minimum atomic E-state index is -0.548. The molecule has 0 saturated carbocycles. The van der Waals surface area contributed by atoms with E-state index in [1.165, 1.54) is 18.2 Å². The molecule has 0 aliphatic carbocycles. The zero-order valence-corrected chi connectivity index (χ0v) is 15.5. The van der Waals surface area contributed by atoms with Crippen molar-refractivity contribution in [3.05, 3.63) is 29.0 Å². The second-order valence-electron chi connectivity index (χ2n) is 5.75. The quantitative estimate of drug-likeness (QED) is 0.681. The lowest BCUT2D eigenvalue weighted by Gasteiger charge is -2.31. The maximum Gasteiger partial charge on any atom is 0.241 e. The molecule has 0 unspecified atom stereocenters. The van der Waals surface area contributed by atoms with E-state index in [9.17, 15) is 18.8 Å². The molecule has 1 aromatic rings. The van der Waals surface area contributed by atoms with Crippen LogP contribution in [-0.2, 0) is 14.4 Å². The van der Waals surface area contributed by atoms with Crippen LogP contribution in [0.2, 0.25) is 5.02 Å². The molecule has 1 aliphatic rings. The monoisotopic (exact) mass is 406 g/mol. The molecule has 0 atom stereocenters. The maximum atomic E-state index is 13.1. The summed E-state index contributed by atoms with van der Waals surface area (Å²) in [6, 6.07) is 3.99. The first-order chi connectivity index (χ1) is 11.9. The van der Waals surface area contributed by atoms with Gasteiger partial charge in [0.25, 0.3) is 0 Å². The number of amides is 3. The molecular weight excluding hydrogens is 386 g/mol. The second kappa shape index (κ2) is 10.3. The number of carbonyl (C=O) groups excluding carboxylic acids is 3. The first-order valence-electron chi connectivity index (χ1n) is 7.91. The Kier molecular flexibility index (Phi) is 8.77. The Morgan fingerprint density at radius 1 is 1.27 bits per heavy atom.